The quantitative estimate of drug-likeness (QED) is 0.581. The molecule has 1 aliphatic carbocycles. The summed E-state index contributed by atoms with van der Waals surface area (Å²) in [6, 6.07) is 4.42. The number of carbonyl (C=O) groups excluding carboxylic acids is 1. The van der Waals surface area contributed by atoms with Crippen LogP contribution in [0.1, 0.15) is 57.3 Å². The average Bonchev–Trinajstić information content (AvgIpc) is 2.60. The van der Waals surface area contributed by atoms with Gasteiger partial charge in [-0.2, -0.15) is 0 Å². The summed E-state index contributed by atoms with van der Waals surface area (Å²) in [5.74, 6) is -0.0594. The van der Waals surface area contributed by atoms with E-state index in [1.807, 2.05) is 19.1 Å². The number of benzene rings is 1. The SMILES string of the molecule is COc1cc(C(=O)O[C@H]2CC(C)=CCC[C@@](C)(O)/C=C/[C@@H]2C(C)C)ccc1O. The van der Waals surface area contributed by atoms with Gasteiger partial charge in [-0.3, -0.25) is 0 Å². The maximum absolute atomic E-state index is 12.8. The van der Waals surface area contributed by atoms with Crippen molar-refractivity contribution in [3.8, 4) is 11.5 Å². The third-order valence-electron chi connectivity index (χ3n) is 5.22. The molecule has 0 saturated heterocycles. The molecule has 0 spiro atoms. The van der Waals surface area contributed by atoms with Gasteiger partial charge in [-0.1, -0.05) is 37.6 Å². The Hall–Kier alpha value is -2.27. The van der Waals surface area contributed by atoms with Crippen molar-refractivity contribution in [1.29, 1.82) is 0 Å². The lowest BCUT2D eigenvalue weighted by molar-refractivity contribution is 0.0139. The van der Waals surface area contributed by atoms with E-state index in [2.05, 4.69) is 19.9 Å². The van der Waals surface area contributed by atoms with Crippen LogP contribution in [0, 0.1) is 11.8 Å². The van der Waals surface area contributed by atoms with Gasteiger partial charge in [-0.25, -0.2) is 4.79 Å². The highest BCUT2D eigenvalue weighted by atomic mass is 16.5. The molecule has 0 unspecified atom stereocenters. The molecule has 5 nitrogen and oxygen atoms in total. The average molecular weight is 389 g/mol. The van der Waals surface area contributed by atoms with E-state index in [1.54, 1.807) is 6.92 Å². The minimum atomic E-state index is -0.889. The van der Waals surface area contributed by atoms with E-state index < -0.39 is 11.6 Å². The fraction of sp³-hybridized carbons (Fsp3) is 0.522. The van der Waals surface area contributed by atoms with E-state index in [1.165, 1.54) is 25.3 Å². The monoisotopic (exact) mass is 388 g/mol. The van der Waals surface area contributed by atoms with Crippen LogP contribution in [0.3, 0.4) is 0 Å². The van der Waals surface area contributed by atoms with Gasteiger partial charge < -0.3 is 19.7 Å². The molecule has 154 valence electrons. The minimum absolute atomic E-state index is 0.0262. The first-order chi connectivity index (χ1) is 13.1. The molecular formula is C23H32O5. The molecule has 1 aliphatic rings. The summed E-state index contributed by atoms with van der Waals surface area (Å²) in [4.78, 5) is 12.8. The van der Waals surface area contributed by atoms with Crippen LogP contribution in [0.4, 0.5) is 0 Å². The largest absolute Gasteiger partial charge is 0.504 e. The van der Waals surface area contributed by atoms with Crippen molar-refractivity contribution >= 4 is 5.97 Å². The standard InChI is InChI=1S/C23H32O5/c1-15(2)18-10-12-23(4,26)11-6-7-16(3)13-20(18)28-22(25)17-8-9-19(24)21(14-17)27-5/h7-10,12,14-15,18,20,24,26H,6,11,13H2,1-5H3/b12-10+,16-7?/t18-,20+,23-/m1/s1. The zero-order valence-electron chi connectivity index (χ0n) is 17.4. The molecule has 2 rings (SSSR count). The van der Waals surface area contributed by atoms with E-state index in [-0.39, 0.29) is 29.4 Å². The van der Waals surface area contributed by atoms with Gasteiger partial charge in [0.15, 0.2) is 11.5 Å². The molecule has 28 heavy (non-hydrogen) atoms. The Kier molecular flexibility index (Phi) is 7.30. The van der Waals surface area contributed by atoms with Crippen LogP contribution in [0.2, 0.25) is 0 Å². The minimum Gasteiger partial charge on any atom is -0.504 e. The zero-order valence-corrected chi connectivity index (χ0v) is 17.4. The van der Waals surface area contributed by atoms with Crippen LogP contribution < -0.4 is 4.74 Å². The first-order valence-electron chi connectivity index (χ1n) is 9.78. The molecule has 0 saturated carbocycles. The fourth-order valence-corrected chi connectivity index (χ4v) is 3.46. The van der Waals surface area contributed by atoms with Crippen LogP contribution in [-0.2, 0) is 4.74 Å². The van der Waals surface area contributed by atoms with Crippen molar-refractivity contribution in [2.24, 2.45) is 11.8 Å². The van der Waals surface area contributed by atoms with Crippen LogP contribution in [0.5, 0.6) is 11.5 Å². The second-order valence-electron chi connectivity index (χ2n) is 8.16. The molecule has 3 atom stereocenters. The second kappa shape index (κ2) is 9.28. The van der Waals surface area contributed by atoms with Crippen molar-refractivity contribution in [3.05, 3.63) is 47.6 Å². The van der Waals surface area contributed by atoms with E-state index in [9.17, 15) is 15.0 Å². The normalized spacial score (nSPS) is 27.0. The molecule has 0 fully saturated rings. The molecule has 0 heterocycles. The van der Waals surface area contributed by atoms with Gasteiger partial charge in [0.2, 0.25) is 0 Å². The van der Waals surface area contributed by atoms with Crippen molar-refractivity contribution in [2.45, 2.75) is 58.7 Å². The maximum Gasteiger partial charge on any atom is 0.338 e. The van der Waals surface area contributed by atoms with Crippen molar-refractivity contribution in [1.82, 2.24) is 0 Å². The van der Waals surface area contributed by atoms with Crippen molar-refractivity contribution < 1.29 is 24.5 Å². The third-order valence-corrected chi connectivity index (χ3v) is 5.22. The summed E-state index contributed by atoms with van der Waals surface area (Å²) in [5.41, 5.74) is 0.574. The predicted octanol–water partition coefficient (Wildman–Crippen LogP) is 4.64. The number of carbonyl (C=O) groups is 1. The molecule has 2 N–H and O–H groups in total. The molecular weight excluding hydrogens is 356 g/mol. The number of rotatable bonds is 4. The topological polar surface area (TPSA) is 76.0 Å². The van der Waals surface area contributed by atoms with Gasteiger partial charge in [-0.15, -0.1) is 0 Å². The number of phenols is 1. The van der Waals surface area contributed by atoms with E-state index >= 15 is 0 Å². The molecule has 0 aliphatic heterocycles. The van der Waals surface area contributed by atoms with Gasteiger partial charge >= 0.3 is 5.97 Å². The van der Waals surface area contributed by atoms with Gasteiger partial charge in [0.05, 0.1) is 18.3 Å². The van der Waals surface area contributed by atoms with Crippen molar-refractivity contribution in [3.63, 3.8) is 0 Å². The zero-order chi connectivity index (χ0) is 20.9. The molecule has 0 amide bonds. The number of hydrogen-bond acceptors (Lipinski definition) is 5. The summed E-state index contributed by atoms with van der Waals surface area (Å²) in [5, 5.41) is 20.3. The molecule has 5 heteroatoms. The molecule has 1 aromatic rings. The van der Waals surface area contributed by atoms with E-state index in [4.69, 9.17) is 9.47 Å². The number of hydrogen-bond donors (Lipinski definition) is 2. The highest BCUT2D eigenvalue weighted by molar-refractivity contribution is 5.90. The Morgan fingerprint density at radius 3 is 2.68 bits per heavy atom. The Labute approximate surface area is 167 Å². The number of esters is 1. The first kappa shape index (κ1) is 22.0. The summed E-state index contributed by atoms with van der Waals surface area (Å²) in [6.45, 7) is 8.00. The first-order valence-corrected chi connectivity index (χ1v) is 9.78. The Morgan fingerprint density at radius 2 is 2.04 bits per heavy atom. The molecule has 0 bridgehead atoms. The lowest BCUT2D eigenvalue weighted by atomic mass is 9.83. The lowest BCUT2D eigenvalue weighted by Gasteiger charge is -2.30. The van der Waals surface area contributed by atoms with E-state index in [0.717, 1.165) is 12.0 Å². The van der Waals surface area contributed by atoms with Crippen LogP contribution in [0.25, 0.3) is 0 Å². The Balaban J connectivity index is 2.32. The third kappa shape index (κ3) is 5.86. The van der Waals surface area contributed by atoms with Crippen LogP contribution in [-0.4, -0.2) is 35.0 Å². The predicted molar refractivity (Wildman–Crippen MR) is 110 cm³/mol. The van der Waals surface area contributed by atoms with E-state index in [0.29, 0.717) is 18.4 Å². The molecule has 1 aromatic carbocycles. The Morgan fingerprint density at radius 1 is 1.32 bits per heavy atom. The molecule has 0 radical (unpaired) electrons. The number of allylic oxidation sites excluding steroid dienone is 1. The lowest BCUT2D eigenvalue weighted by Crippen LogP contribution is -2.31. The van der Waals surface area contributed by atoms with Crippen LogP contribution in [0.15, 0.2) is 42.0 Å². The second-order valence-corrected chi connectivity index (χ2v) is 8.16. The summed E-state index contributed by atoms with van der Waals surface area (Å²) < 4.78 is 11.0. The Bertz CT molecular complexity index is 745. The van der Waals surface area contributed by atoms with Crippen molar-refractivity contribution in [2.75, 3.05) is 7.11 Å². The summed E-state index contributed by atoms with van der Waals surface area (Å²) >= 11 is 0. The number of phenolic OH excluding ortho intramolecular Hbond substituents is 1. The van der Waals surface area contributed by atoms with Crippen LogP contribution >= 0.6 is 0 Å². The maximum atomic E-state index is 12.8. The summed E-state index contributed by atoms with van der Waals surface area (Å²) in [7, 11) is 1.44. The van der Waals surface area contributed by atoms with Gasteiger partial charge in [0, 0.05) is 12.3 Å². The fourth-order valence-electron chi connectivity index (χ4n) is 3.46. The number of ether oxygens (including phenoxy) is 2. The highest BCUT2D eigenvalue weighted by Crippen LogP contribution is 2.31. The highest BCUT2D eigenvalue weighted by Gasteiger charge is 2.29. The molecule has 0 aromatic heterocycles. The number of aliphatic hydroxyl groups is 1. The van der Waals surface area contributed by atoms with Gasteiger partial charge in [0.25, 0.3) is 0 Å². The van der Waals surface area contributed by atoms with Gasteiger partial charge in [-0.05, 0) is 50.8 Å². The smallest absolute Gasteiger partial charge is 0.338 e. The number of aromatic hydroxyl groups is 1. The van der Waals surface area contributed by atoms with Gasteiger partial charge in [0.1, 0.15) is 6.10 Å². The number of methoxy groups -OCH3 is 1. The summed E-state index contributed by atoms with van der Waals surface area (Å²) in [6.07, 6.45) is 7.63.